The molecule has 22 heavy (non-hydrogen) atoms. The van der Waals surface area contributed by atoms with E-state index in [0.717, 1.165) is 24.3 Å². The number of hydrogen-bond donors (Lipinski definition) is 2. The normalized spacial score (nSPS) is 15.2. The zero-order valence-corrected chi connectivity index (χ0v) is 13.6. The Morgan fingerprint density at radius 1 is 1.36 bits per heavy atom. The number of hydrogen-bond acceptors (Lipinski definition) is 4. The van der Waals surface area contributed by atoms with Gasteiger partial charge in [0.15, 0.2) is 0 Å². The predicted octanol–water partition coefficient (Wildman–Crippen LogP) is 2.15. The SMILES string of the molecule is COc1ccc(NC(=O)N(C)C2CCSCC2)cc1C(N)=O. The third-order valence-corrected chi connectivity index (χ3v) is 4.82. The Morgan fingerprint density at radius 3 is 2.64 bits per heavy atom. The molecule has 1 fully saturated rings. The molecule has 1 aromatic carbocycles. The van der Waals surface area contributed by atoms with Crippen LogP contribution in [0, 0.1) is 0 Å². The summed E-state index contributed by atoms with van der Waals surface area (Å²) in [6.07, 6.45) is 2.01. The molecule has 0 aromatic heterocycles. The van der Waals surface area contributed by atoms with E-state index in [4.69, 9.17) is 10.5 Å². The van der Waals surface area contributed by atoms with Crippen molar-refractivity contribution in [2.75, 3.05) is 31.0 Å². The number of primary amides is 1. The molecule has 3 N–H and O–H groups in total. The van der Waals surface area contributed by atoms with Crippen LogP contribution < -0.4 is 15.8 Å². The van der Waals surface area contributed by atoms with Gasteiger partial charge in [-0.15, -0.1) is 0 Å². The van der Waals surface area contributed by atoms with Crippen LogP contribution in [0.25, 0.3) is 0 Å². The summed E-state index contributed by atoms with van der Waals surface area (Å²) in [6.45, 7) is 0. The molecule has 0 unspecified atom stereocenters. The molecule has 0 aliphatic carbocycles. The number of benzene rings is 1. The summed E-state index contributed by atoms with van der Waals surface area (Å²) < 4.78 is 5.08. The molecule has 1 aliphatic heterocycles. The van der Waals surface area contributed by atoms with Crippen LogP contribution in [0.5, 0.6) is 5.75 Å². The standard InChI is InChI=1S/C15H21N3O3S/c1-18(11-5-7-22-8-6-11)15(20)17-10-3-4-13(21-2)12(9-10)14(16)19/h3-4,9,11H,5-8H2,1-2H3,(H2,16,19)(H,17,20). The summed E-state index contributed by atoms with van der Waals surface area (Å²) in [5.41, 5.74) is 6.09. The van der Waals surface area contributed by atoms with E-state index >= 15 is 0 Å². The average Bonchev–Trinajstić information content (AvgIpc) is 2.54. The highest BCUT2D eigenvalue weighted by molar-refractivity contribution is 7.99. The quantitative estimate of drug-likeness (QED) is 0.889. The molecule has 0 bridgehead atoms. The highest BCUT2D eigenvalue weighted by atomic mass is 32.2. The molecule has 0 saturated carbocycles. The zero-order chi connectivity index (χ0) is 16.1. The van der Waals surface area contributed by atoms with Crippen molar-refractivity contribution in [3.05, 3.63) is 23.8 Å². The maximum Gasteiger partial charge on any atom is 0.321 e. The van der Waals surface area contributed by atoms with Crippen molar-refractivity contribution in [3.63, 3.8) is 0 Å². The number of amides is 3. The van der Waals surface area contributed by atoms with E-state index in [-0.39, 0.29) is 17.6 Å². The van der Waals surface area contributed by atoms with E-state index in [1.165, 1.54) is 13.2 Å². The Labute approximate surface area is 134 Å². The number of thioether (sulfide) groups is 1. The number of nitrogens with zero attached hydrogens (tertiary/aromatic N) is 1. The molecule has 0 spiro atoms. The molecular weight excluding hydrogens is 302 g/mol. The molecule has 2 rings (SSSR count). The number of anilines is 1. The largest absolute Gasteiger partial charge is 0.496 e. The lowest BCUT2D eigenvalue weighted by Gasteiger charge is -2.31. The van der Waals surface area contributed by atoms with Gasteiger partial charge in [0.05, 0.1) is 12.7 Å². The fourth-order valence-corrected chi connectivity index (χ4v) is 3.51. The van der Waals surface area contributed by atoms with Crippen LogP contribution in [0.2, 0.25) is 0 Å². The number of carbonyl (C=O) groups is 2. The molecule has 3 amide bonds. The van der Waals surface area contributed by atoms with Crippen LogP contribution in [0.1, 0.15) is 23.2 Å². The zero-order valence-electron chi connectivity index (χ0n) is 12.8. The molecule has 6 nitrogen and oxygen atoms in total. The van der Waals surface area contributed by atoms with Crippen LogP contribution in [0.3, 0.4) is 0 Å². The second kappa shape index (κ2) is 7.40. The van der Waals surface area contributed by atoms with Crippen molar-refractivity contribution >= 4 is 29.4 Å². The first-order valence-electron chi connectivity index (χ1n) is 7.12. The Kier molecular flexibility index (Phi) is 5.54. The first-order chi connectivity index (χ1) is 10.5. The van der Waals surface area contributed by atoms with Gasteiger partial charge in [-0.3, -0.25) is 4.79 Å². The van der Waals surface area contributed by atoms with Gasteiger partial charge in [0.25, 0.3) is 5.91 Å². The summed E-state index contributed by atoms with van der Waals surface area (Å²) in [5.74, 6) is 1.96. The van der Waals surface area contributed by atoms with Crippen molar-refractivity contribution in [2.24, 2.45) is 5.73 Å². The highest BCUT2D eigenvalue weighted by Crippen LogP contribution is 2.24. The van der Waals surface area contributed by atoms with Crippen molar-refractivity contribution in [2.45, 2.75) is 18.9 Å². The van der Waals surface area contributed by atoms with E-state index < -0.39 is 5.91 Å². The number of nitrogens with two attached hydrogens (primary N) is 1. The van der Waals surface area contributed by atoms with Crippen LogP contribution in [-0.4, -0.2) is 48.5 Å². The number of nitrogens with one attached hydrogen (secondary N) is 1. The molecule has 1 saturated heterocycles. The van der Waals surface area contributed by atoms with E-state index in [1.807, 2.05) is 11.8 Å². The smallest absolute Gasteiger partial charge is 0.321 e. The van der Waals surface area contributed by atoms with Crippen LogP contribution in [0.15, 0.2) is 18.2 Å². The fourth-order valence-electron chi connectivity index (χ4n) is 2.43. The minimum absolute atomic E-state index is 0.183. The molecule has 1 aromatic rings. The van der Waals surface area contributed by atoms with Gasteiger partial charge in [-0.05, 0) is 42.5 Å². The monoisotopic (exact) mass is 323 g/mol. The average molecular weight is 323 g/mol. The molecule has 0 atom stereocenters. The lowest BCUT2D eigenvalue weighted by atomic mass is 10.1. The maximum absolute atomic E-state index is 12.3. The van der Waals surface area contributed by atoms with Gasteiger partial charge in [0, 0.05) is 18.8 Å². The second-order valence-corrected chi connectivity index (χ2v) is 6.39. The third-order valence-electron chi connectivity index (χ3n) is 3.78. The van der Waals surface area contributed by atoms with E-state index in [9.17, 15) is 9.59 Å². The lowest BCUT2D eigenvalue weighted by Crippen LogP contribution is -2.41. The number of ether oxygens (including phenoxy) is 1. The minimum atomic E-state index is -0.592. The Bertz CT molecular complexity index is 559. The first kappa shape index (κ1) is 16.5. The van der Waals surface area contributed by atoms with Crippen LogP contribution >= 0.6 is 11.8 Å². The molecule has 120 valence electrons. The predicted molar refractivity (Wildman–Crippen MR) is 88.6 cm³/mol. The summed E-state index contributed by atoms with van der Waals surface area (Å²) >= 11 is 1.92. The maximum atomic E-state index is 12.3. The lowest BCUT2D eigenvalue weighted by molar-refractivity contribution is 0.0997. The van der Waals surface area contributed by atoms with Crippen molar-refractivity contribution in [1.82, 2.24) is 4.90 Å². The Balaban J connectivity index is 2.07. The number of methoxy groups -OCH3 is 1. The molecular formula is C15H21N3O3S. The molecule has 0 radical (unpaired) electrons. The summed E-state index contributed by atoms with van der Waals surface area (Å²) in [7, 11) is 3.27. The van der Waals surface area contributed by atoms with E-state index in [1.54, 1.807) is 24.1 Å². The van der Waals surface area contributed by atoms with Gasteiger partial charge >= 0.3 is 6.03 Å². The molecule has 1 aliphatic rings. The highest BCUT2D eigenvalue weighted by Gasteiger charge is 2.22. The fraction of sp³-hybridized carbons (Fsp3) is 0.467. The Hall–Kier alpha value is -1.89. The second-order valence-electron chi connectivity index (χ2n) is 5.16. The van der Waals surface area contributed by atoms with Crippen molar-refractivity contribution in [3.8, 4) is 5.75 Å². The van der Waals surface area contributed by atoms with Gasteiger partial charge in [-0.2, -0.15) is 11.8 Å². The van der Waals surface area contributed by atoms with E-state index in [0.29, 0.717) is 11.4 Å². The summed E-state index contributed by atoms with van der Waals surface area (Å²) in [5, 5.41) is 2.80. The Morgan fingerprint density at radius 2 is 2.05 bits per heavy atom. The molecule has 7 heteroatoms. The van der Waals surface area contributed by atoms with Crippen LogP contribution in [0.4, 0.5) is 10.5 Å². The minimum Gasteiger partial charge on any atom is -0.496 e. The topological polar surface area (TPSA) is 84.7 Å². The van der Waals surface area contributed by atoms with E-state index in [2.05, 4.69) is 5.32 Å². The number of carbonyl (C=O) groups excluding carboxylic acids is 2. The van der Waals surface area contributed by atoms with Crippen molar-refractivity contribution < 1.29 is 14.3 Å². The summed E-state index contributed by atoms with van der Waals surface area (Å²) in [4.78, 5) is 25.5. The van der Waals surface area contributed by atoms with Gasteiger partial charge < -0.3 is 20.7 Å². The van der Waals surface area contributed by atoms with Crippen molar-refractivity contribution in [1.29, 1.82) is 0 Å². The third kappa shape index (κ3) is 3.85. The van der Waals surface area contributed by atoms with Gasteiger partial charge in [0.1, 0.15) is 5.75 Å². The summed E-state index contributed by atoms with van der Waals surface area (Å²) in [6, 6.07) is 4.91. The van der Waals surface area contributed by atoms with Gasteiger partial charge in [-0.1, -0.05) is 0 Å². The first-order valence-corrected chi connectivity index (χ1v) is 8.27. The number of rotatable bonds is 4. The molecule has 1 heterocycles. The van der Waals surface area contributed by atoms with Gasteiger partial charge in [-0.25, -0.2) is 4.79 Å². The van der Waals surface area contributed by atoms with Crippen LogP contribution in [-0.2, 0) is 0 Å². The van der Waals surface area contributed by atoms with Gasteiger partial charge in [0.2, 0.25) is 0 Å². The number of urea groups is 1.